The second-order valence-electron chi connectivity index (χ2n) is 5.57. The van der Waals surface area contributed by atoms with Crippen molar-refractivity contribution < 1.29 is 13.9 Å². The normalized spacial score (nSPS) is 12.2. The highest BCUT2D eigenvalue weighted by molar-refractivity contribution is 7.99. The minimum absolute atomic E-state index is 0.0618. The third kappa shape index (κ3) is 5.72. The van der Waals surface area contributed by atoms with E-state index < -0.39 is 0 Å². The number of carbonyl (C=O) groups is 1. The molecule has 1 heterocycles. The summed E-state index contributed by atoms with van der Waals surface area (Å²) < 4.78 is 11.0. The summed E-state index contributed by atoms with van der Waals surface area (Å²) in [7, 11) is 0. The topological polar surface area (TPSA) is 77.2 Å². The van der Waals surface area contributed by atoms with Crippen LogP contribution < -0.4 is 10.1 Å². The molecule has 1 N–H and O–H groups in total. The number of thioether (sulfide) groups is 1. The number of nitrogens with zero attached hydrogens (tertiary/aromatic N) is 2. The summed E-state index contributed by atoms with van der Waals surface area (Å²) in [5, 5.41) is 11.6. The summed E-state index contributed by atoms with van der Waals surface area (Å²) >= 11 is 7.20. The van der Waals surface area contributed by atoms with Gasteiger partial charge in [0.15, 0.2) is 6.61 Å². The molecule has 130 valence electrons. The van der Waals surface area contributed by atoms with E-state index in [0.29, 0.717) is 27.8 Å². The molecule has 0 aliphatic heterocycles. The molecule has 0 bridgehead atoms. The molecule has 1 atom stereocenters. The first kappa shape index (κ1) is 18.6. The number of benzene rings is 1. The van der Waals surface area contributed by atoms with Gasteiger partial charge in [-0.05, 0) is 25.0 Å². The van der Waals surface area contributed by atoms with Gasteiger partial charge >= 0.3 is 0 Å². The van der Waals surface area contributed by atoms with Crippen molar-refractivity contribution in [3.05, 3.63) is 35.2 Å². The van der Waals surface area contributed by atoms with E-state index in [4.69, 9.17) is 20.8 Å². The van der Waals surface area contributed by atoms with Crippen molar-refractivity contribution in [1.82, 2.24) is 15.5 Å². The van der Waals surface area contributed by atoms with Crippen LogP contribution in [0, 0.1) is 5.92 Å². The second-order valence-corrected chi connectivity index (χ2v) is 6.90. The predicted molar refractivity (Wildman–Crippen MR) is 93.2 cm³/mol. The Bertz CT molecular complexity index is 678. The zero-order chi connectivity index (χ0) is 17.5. The lowest BCUT2D eigenvalue weighted by atomic mass is 10.1. The molecule has 0 saturated carbocycles. The maximum absolute atomic E-state index is 11.8. The highest BCUT2D eigenvalue weighted by Gasteiger charge is 2.14. The monoisotopic (exact) mass is 369 g/mol. The van der Waals surface area contributed by atoms with Crippen molar-refractivity contribution in [1.29, 1.82) is 0 Å². The smallest absolute Gasteiger partial charge is 0.277 e. The molecule has 0 aliphatic rings. The lowest BCUT2D eigenvalue weighted by Gasteiger charge is -2.16. The Hall–Kier alpha value is -1.73. The van der Waals surface area contributed by atoms with E-state index >= 15 is 0 Å². The molecule has 6 nitrogen and oxygen atoms in total. The number of para-hydroxylation sites is 1. The summed E-state index contributed by atoms with van der Waals surface area (Å²) in [5.74, 6) is 1.43. The van der Waals surface area contributed by atoms with E-state index in [2.05, 4.69) is 29.4 Å². The lowest BCUT2D eigenvalue weighted by Crippen LogP contribution is -2.37. The van der Waals surface area contributed by atoms with Crippen LogP contribution in [-0.2, 0) is 11.4 Å². The van der Waals surface area contributed by atoms with Crippen molar-refractivity contribution in [2.24, 2.45) is 5.92 Å². The number of amides is 1. The molecule has 1 unspecified atom stereocenters. The van der Waals surface area contributed by atoms with E-state index in [1.54, 1.807) is 12.1 Å². The number of aromatic nitrogens is 2. The predicted octanol–water partition coefficient (Wildman–Crippen LogP) is 3.55. The van der Waals surface area contributed by atoms with Crippen LogP contribution in [0.4, 0.5) is 0 Å². The van der Waals surface area contributed by atoms with E-state index in [1.165, 1.54) is 11.8 Å². The summed E-state index contributed by atoms with van der Waals surface area (Å²) in [5.41, 5.74) is 0. The van der Waals surface area contributed by atoms with Crippen molar-refractivity contribution in [3.63, 3.8) is 0 Å². The molecule has 0 aliphatic carbocycles. The van der Waals surface area contributed by atoms with Crippen LogP contribution in [0.1, 0.15) is 26.7 Å². The van der Waals surface area contributed by atoms with Gasteiger partial charge in [-0.1, -0.05) is 49.3 Å². The average Bonchev–Trinajstić information content (AvgIpc) is 3.00. The molecule has 2 rings (SSSR count). The molecule has 0 saturated heterocycles. The van der Waals surface area contributed by atoms with E-state index in [1.807, 2.05) is 19.1 Å². The molecule has 2 aromatic rings. The molecule has 8 heteroatoms. The van der Waals surface area contributed by atoms with Crippen molar-refractivity contribution in [2.75, 3.05) is 5.75 Å². The first-order chi connectivity index (χ1) is 11.5. The second kappa shape index (κ2) is 8.94. The first-order valence-electron chi connectivity index (χ1n) is 7.57. The molecule has 0 fully saturated rings. The van der Waals surface area contributed by atoms with Crippen LogP contribution in [0.2, 0.25) is 5.02 Å². The van der Waals surface area contributed by atoms with Crippen molar-refractivity contribution in [2.45, 2.75) is 38.6 Å². The molecule has 0 radical (unpaired) electrons. The van der Waals surface area contributed by atoms with Gasteiger partial charge < -0.3 is 14.5 Å². The molecule has 1 aromatic heterocycles. The van der Waals surface area contributed by atoms with Crippen LogP contribution >= 0.6 is 23.4 Å². The van der Waals surface area contributed by atoms with Gasteiger partial charge in [-0.3, -0.25) is 4.79 Å². The van der Waals surface area contributed by atoms with Crippen LogP contribution in [0.15, 0.2) is 33.9 Å². The minimum atomic E-state index is -0.0618. The fraction of sp³-hybridized carbons (Fsp3) is 0.438. The number of hydrogen-bond donors (Lipinski definition) is 1. The SMILES string of the molecule is CC(C)C(C)NC(=O)CSc1nnc(COc2ccccc2Cl)o1. The Balaban J connectivity index is 1.79. The van der Waals surface area contributed by atoms with Gasteiger partial charge in [0.05, 0.1) is 10.8 Å². The molecule has 0 spiro atoms. The maximum atomic E-state index is 11.8. The molecular weight excluding hydrogens is 350 g/mol. The van der Waals surface area contributed by atoms with Gasteiger partial charge in [0.2, 0.25) is 5.91 Å². The fourth-order valence-corrected chi connectivity index (χ4v) is 2.43. The number of carbonyl (C=O) groups excluding carboxylic acids is 1. The highest BCUT2D eigenvalue weighted by atomic mass is 35.5. The number of hydrogen-bond acceptors (Lipinski definition) is 6. The first-order valence-corrected chi connectivity index (χ1v) is 8.94. The van der Waals surface area contributed by atoms with Gasteiger partial charge in [0.25, 0.3) is 11.1 Å². The van der Waals surface area contributed by atoms with Crippen LogP contribution in [0.3, 0.4) is 0 Å². The van der Waals surface area contributed by atoms with Crippen LogP contribution in [-0.4, -0.2) is 27.9 Å². The molecule has 1 amide bonds. The Morgan fingerprint density at radius 3 is 2.79 bits per heavy atom. The van der Waals surface area contributed by atoms with Gasteiger partial charge in [0, 0.05) is 6.04 Å². The van der Waals surface area contributed by atoms with Crippen LogP contribution in [0.25, 0.3) is 0 Å². The van der Waals surface area contributed by atoms with E-state index in [0.717, 1.165) is 0 Å². The molecule has 24 heavy (non-hydrogen) atoms. The Kier molecular flexibility index (Phi) is 6.93. The van der Waals surface area contributed by atoms with E-state index in [-0.39, 0.29) is 24.3 Å². The third-order valence-electron chi connectivity index (χ3n) is 3.35. The minimum Gasteiger partial charge on any atom is -0.482 e. The summed E-state index contributed by atoms with van der Waals surface area (Å²) in [4.78, 5) is 11.8. The van der Waals surface area contributed by atoms with Gasteiger partial charge in [0.1, 0.15) is 5.75 Å². The Morgan fingerprint density at radius 1 is 1.33 bits per heavy atom. The number of rotatable bonds is 8. The zero-order valence-electron chi connectivity index (χ0n) is 13.8. The quantitative estimate of drug-likeness (QED) is 0.717. The number of nitrogens with one attached hydrogen (secondary N) is 1. The summed E-state index contributed by atoms with van der Waals surface area (Å²) in [6.45, 7) is 6.21. The Morgan fingerprint density at radius 2 is 2.08 bits per heavy atom. The summed E-state index contributed by atoms with van der Waals surface area (Å²) in [6.07, 6.45) is 0. The number of halogens is 1. The van der Waals surface area contributed by atoms with Crippen molar-refractivity contribution >= 4 is 29.3 Å². The summed E-state index contributed by atoms with van der Waals surface area (Å²) in [6, 6.07) is 7.27. The lowest BCUT2D eigenvalue weighted by molar-refractivity contribution is -0.119. The zero-order valence-corrected chi connectivity index (χ0v) is 15.4. The van der Waals surface area contributed by atoms with E-state index in [9.17, 15) is 4.79 Å². The molecule has 1 aromatic carbocycles. The highest BCUT2D eigenvalue weighted by Crippen LogP contribution is 2.24. The number of ether oxygens (including phenoxy) is 1. The average molecular weight is 370 g/mol. The van der Waals surface area contributed by atoms with Crippen molar-refractivity contribution in [3.8, 4) is 5.75 Å². The van der Waals surface area contributed by atoms with Gasteiger partial charge in [-0.15, -0.1) is 10.2 Å². The van der Waals surface area contributed by atoms with Gasteiger partial charge in [-0.25, -0.2) is 0 Å². The standard InChI is InChI=1S/C16H20ClN3O3S/c1-10(2)11(3)18-14(21)9-24-16-20-19-15(23-16)8-22-13-7-5-4-6-12(13)17/h4-7,10-11H,8-9H2,1-3H3,(H,18,21). The van der Waals surface area contributed by atoms with Crippen LogP contribution in [0.5, 0.6) is 5.75 Å². The largest absolute Gasteiger partial charge is 0.482 e. The fourth-order valence-electron chi connectivity index (χ4n) is 1.65. The third-order valence-corrected chi connectivity index (χ3v) is 4.48. The van der Waals surface area contributed by atoms with Gasteiger partial charge in [-0.2, -0.15) is 0 Å². The Labute approximate surface area is 150 Å². The molecular formula is C16H20ClN3O3S. The maximum Gasteiger partial charge on any atom is 0.277 e.